The van der Waals surface area contributed by atoms with E-state index in [1.54, 1.807) is 12.1 Å². The fourth-order valence-corrected chi connectivity index (χ4v) is 2.80. The average Bonchev–Trinajstić information content (AvgIpc) is 2.58. The van der Waals surface area contributed by atoms with Gasteiger partial charge in [-0.2, -0.15) is 8.42 Å². The molecule has 0 aliphatic carbocycles. The Morgan fingerprint density at radius 3 is 2.28 bits per heavy atom. The van der Waals surface area contributed by atoms with Crippen molar-refractivity contribution in [3.63, 3.8) is 0 Å². The van der Waals surface area contributed by atoms with Crippen LogP contribution in [-0.2, 0) is 21.5 Å². The number of methoxy groups -OCH3 is 1. The van der Waals surface area contributed by atoms with E-state index in [1.165, 1.54) is 14.0 Å². The lowest BCUT2D eigenvalue weighted by Gasteiger charge is -2.30. The molecule has 25 heavy (non-hydrogen) atoms. The van der Waals surface area contributed by atoms with Crippen LogP contribution in [0.5, 0.6) is 11.5 Å². The number of hydrogen-bond acceptors (Lipinski definition) is 5. The number of benzene rings is 1. The summed E-state index contributed by atoms with van der Waals surface area (Å²) in [6.45, 7) is 9.67. The number of carbonyl (C=O) groups is 1. The van der Waals surface area contributed by atoms with Crippen molar-refractivity contribution in [2.75, 3.05) is 12.9 Å². The Balaban J connectivity index is 3.17. The molecule has 0 aliphatic rings. The third-order valence-electron chi connectivity index (χ3n) is 4.05. The Morgan fingerprint density at radius 1 is 1.16 bits per heavy atom. The molecule has 0 radical (unpaired) electrons. The number of hydrogen-bond donors (Lipinski definition) is 0. The van der Waals surface area contributed by atoms with Crippen molar-refractivity contribution in [3.8, 4) is 11.5 Å². The topological polar surface area (TPSA) is 72.9 Å². The van der Waals surface area contributed by atoms with Gasteiger partial charge in [-0.15, -0.1) is 0 Å². The molecule has 1 amide bonds. The van der Waals surface area contributed by atoms with Gasteiger partial charge in [-0.1, -0.05) is 26.8 Å². The van der Waals surface area contributed by atoms with E-state index < -0.39 is 10.1 Å². The number of amides is 1. The van der Waals surface area contributed by atoms with Crippen molar-refractivity contribution in [3.05, 3.63) is 23.8 Å². The van der Waals surface area contributed by atoms with Gasteiger partial charge in [-0.3, -0.25) is 4.79 Å². The summed E-state index contributed by atoms with van der Waals surface area (Å²) < 4.78 is 33.9. The van der Waals surface area contributed by atoms with Crippen LogP contribution in [0, 0.1) is 5.92 Å². The van der Waals surface area contributed by atoms with Crippen molar-refractivity contribution < 1.29 is 22.1 Å². The van der Waals surface area contributed by atoms with Crippen molar-refractivity contribution in [1.82, 2.24) is 4.90 Å². The molecule has 1 rings (SSSR count). The lowest BCUT2D eigenvalue weighted by Crippen LogP contribution is -2.40. The molecule has 0 saturated heterocycles. The van der Waals surface area contributed by atoms with Crippen LogP contribution >= 0.6 is 0 Å². The molecule has 7 heteroatoms. The molecule has 1 aromatic carbocycles. The Labute approximate surface area is 151 Å². The van der Waals surface area contributed by atoms with E-state index in [4.69, 9.17) is 8.92 Å². The van der Waals surface area contributed by atoms with E-state index in [1.807, 2.05) is 38.7 Å². The van der Waals surface area contributed by atoms with E-state index in [9.17, 15) is 13.2 Å². The van der Waals surface area contributed by atoms with Crippen LogP contribution in [0.15, 0.2) is 18.2 Å². The van der Waals surface area contributed by atoms with Gasteiger partial charge in [-0.25, -0.2) is 0 Å². The van der Waals surface area contributed by atoms with Crippen LogP contribution in [0.1, 0.15) is 46.6 Å². The van der Waals surface area contributed by atoms with E-state index in [-0.39, 0.29) is 29.4 Å². The third-order valence-corrected chi connectivity index (χ3v) is 5.19. The molecule has 142 valence electrons. The molecule has 0 aromatic heterocycles. The first-order chi connectivity index (χ1) is 11.6. The number of ether oxygens (including phenoxy) is 1. The second-order valence-corrected chi connectivity index (χ2v) is 8.15. The molecule has 0 spiro atoms. The monoisotopic (exact) mass is 371 g/mol. The molecule has 0 heterocycles. The number of carbonyl (C=O) groups excluding carboxylic acids is 1. The fourth-order valence-electron chi connectivity index (χ4n) is 2.28. The highest BCUT2D eigenvalue weighted by Crippen LogP contribution is 2.30. The van der Waals surface area contributed by atoms with Crippen LogP contribution in [0.25, 0.3) is 0 Å². The van der Waals surface area contributed by atoms with Gasteiger partial charge in [-0.05, 0) is 38.0 Å². The highest BCUT2D eigenvalue weighted by atomic mass is 32.2. The predicted octanol–water partition coefficient (Wildman–Crippen LogP) is 3.21. The van der Waals surface area contributed by atoms with Crippen LogP contribution in [0.2, 0.25) is 0 Å². The highest BCUT2D eigenvalue weighted by Gasteiger charge is 2.23. The summed E-state index contributed by atoms with van der Waals surface area (Å²) in [5.41, 5.74) is 0.788. The van der Waals surface area contributed by atoms with Gasteiger partial charge in [0.2, 0.25) is 5.91 Å². The Morgan fingerprint density at radius 2 is 1.80 bits per heavy atom. The Hall–Kier alpha value is -1.76. The lowest BCUT2D eigenvalue weighted by atomic mass is 10.1. The SMILES string of the molecule is CCC(C)N(Cc1ccc(OC)c(OS(=O)(=O)CC)c1)C(=O)C(C)C. The first-order valence-electron chi connectivity index (χ1n) is 8.54. The normalized spacial score (nSPS) is 12.8. The maximum atomic E-state index is 12.5. The van der Waals surface area contributed by atoms with E-state index in [2.05, 4.69) is 0 Å². The van der Waals surface area contributed by atoms with Gasteiger partial charge in [0.1, 0.15) is 0 Å². The van der Waals surface area contributed by atoms with E-state index >= 15 is 0 Å². The van der Waals surface area contributed by atoms with Crippen LogP contribution < -0.4 is 8.92 Å². The second kappa shape index (κ2) is 9.08. The van der Waals surface area contributed by atoms with Crippen LogP contribution in [-0.4, -0.2) is 38.1 Å². The molecule has 0 N–H and O–H groups in total. The minimum Gasteiger partial charge on any atom is -0.493 e. The summed E-state index contributed by atoms with van der Waals surface area (Å²) in [6, 6.07) is 5.17. The van der Waals surface area contributed by atoms with Crippen molar-refractivity contribution in [1.29, 1.82) is 0 Å². The minimum atomic E-state index is -3.66. The van der Waals surface area contributed by atoms with E-state index in [0.717, 1.165) is 12.0 Å². The lowest BCUT2D eigenvalue weighted by molar-refractivity contribution is -0.137. The van der Waals surface area contributed by atoms with Crippen LogP contribution in [0.4, 0.5) is 0 Å². The Kier molecular flexibility index (Phi) is 7.73. The predicted molar refractivity (Wildman–Crippen MR) is 98.2 cm³/mol. The zero-order valence-electron chi connectivity index (χ0n) is 15.9. The fraction of sp³-hybridized carbons (Fsp3) is 0.611. The molecular weight excluding hydrogens is 342 g/mol. The maximum absolute atomic E-state index is 12.5. The standard InChI is InChI=1S/C18H29NO5S/c1-7-14(5)19(18(20)13(3)4)12-15-9-10-16(23-6)17(11-15)24-25(21,22)8-2/h9-11,13-14H,7-8,12H2,1-6H3. The molecule has 1 atom stereocenters. The number of nitrogens with zero attached hydrogens (tertiary/aromatic N) is 1. The Bertz CT molecular complexity index is 685. The summed E-state index contributed by atoms with van der Waals surface area (Å²) in [5.74, 6) is 0.303. The van der Waals surface area contributed by atoms with Gasteiger partial charge in [0.25, 0.3) is 0 Å². The smallest absolute Gasteiger partial charge is 0.309 e. The van der Waals surface area contributed by atoms with E-state index in [0.29, 0.717) is 12.3 Å². The quantitative estimate of drug-likeness (QED) is 0.623. The first kappa shape index (κ1) is 21.3. The molecule has 1 unspecified atom stereocenters. The van der Waals surface area contributed by atoms with Crippen molar-refractivity contribution in [2.45, 2.75) is 53.6 Å². The first-order valence-corrected chi connectivity index (χ1v) is 10.1. The summed E-state index contributed by atoms with van der Waals surface area (Å²) in [4.78, 5) is 14.3. The zero-order valence-corrected chi connectivity index (χ0v) is 16.7. The van der Waals surface area contributed by atoms with Crippen LogP contribution in [0.3, 0.4) is 0 Å². The van der Waals surface area contributed by atoms with Gasteiger partial charge in [0.15, 0.2) is 11.5 Å². The van der Waals surface area contributed by atoms with Crippen molar-refractivity contribution >= 4 is 16.0 Å². The molecule has 0 aliphatic heterocycles. The largest absolute Gasteiger partial charge is 0.493 e. The maximum Gasteiger partial charge on any atom is 0.309 e. The molecule has 0 bridgehead atoms. The van der Waals surface area contributed by atoms with Gasteiger partial charge < -0.3 is 13.8 Å². The molecule has 0 saturated carbocycles. The number of rotatable bonds is 9. The molecule has 6 nitrogen and oxygen atoms in total. The summed E-state index contributed by atoms with van der Waals surface area (Å²) in [7, 11) is -2.21. The molecular formula is C18H29NO5S. The molecule has 0 fully saturated rings. The van der Waals surface area contributed by atoms with Gasteiger partial charge in [0.05, 0.1) is 12.9 Å². The van der Waals surface area contributed by atoms with Gasteiger partial charge >= 0.3 is 10.1 Å². The van der Waals surface area contributed by atoms with Crippen molar-refractivity contribution in [2.24, 2.45) is 5.92 Å². The molecule has 1 aromatic rings. The zero-order chi connectivity index (χ0) is 19.2. The average molecular weight is 371 g/mol. The third kappa shape index (κ3) is 5.92. The minimum absolute atomic E-state index is 0.0637. The summed E-state index contributed by atoms with van der Waals surface area (Å²) >= 11 is 0. The summed E-state index contributed by atoms with van der Waals surface area (Å²) in [6.07, 6.45) is 0.836. The summed E-state index contributed by atoms with van der Waals surface area (Å²) in [5, 5.41) is 0. The van der Waals surface area contributed by atoms with Gasteiger partial charge in [0, 0.05) is 18.5 Å². The highest BCUT2D eigenvalue weighted by molar-refractivity contribution is 7.87. The second-order valence-electron chi connectivity index (χ2n) is 6.29.